The maximum atomic E-state index is 14.3. The average molecular weight is 465 g/mol. The van der Waals surface area contributed by atoms with Gasteiger partial charge in [-0.2, -0.15) is 0 Å². The molecule has 0 saturated carbocycles. The van der Waals surface area contributed by atoms with E-state index in [2.05, 4.69) is 25.3 Å². The molecule has 12 heteroatoms. The van der Waals surface area contributed by atoms with Gasteiger partial charge >= 0.3 is 0 Å². The molecule has 5 heterocycles. The largest absolute Gasteiger partial charge is 0.479 e. The summed E-state index contributed by atoms with van der Waals surface area (Å²) in [5.41, 5.74) is 2.27. The number of carbonyl (C=O) groups excluding carboxylic acids is 1. The van der Waals surface area contributed by atoms with E-state index in [9.17, 15) is 9.18 Å². The Kier molecular flexibility index (Phi) is 5.56. The molecular weight excluding hydrogens is 441 g/mol. The van der Waals surface area contributed by atoms with Gasteiger partial charge in [-0.25, -0.2) is 29.3 Å². The summed E-state index contributed by atoms with van der Waals surface area (Å²) < 4.78 is 22.8. The van der Waals surface area contributed by atoms with Crippen LogP contribution in [-0.4, -0.2) is 71.1 Å². The van der Waals surface area contributed by atoms with Crippen molar-refractivity contribution in [3.05, 3.63) is 42.6 Å². The normalized spacial score (nSPS) is 15.8. The number of amides is 1. The van der Waals surface area contributed by atoms with Crippen molar-refractivity contribution in [2.75, 3.05) is 25.5 Å². The summed E-state index contributed by atoms with van der Waals surface area (Å²) in [4.78, 5) is 36.2. The molecule has 0 aliphatic carbocycles. The Morgan fingerprint density at radius 1 is 1.29 bits per heavy atom. The predicted octanol–water partition coefficient (Wildman–Crippen LogP) is 2.12. The topological polar surface area (TPSA) is 116 Å². The first-order valence-electron chi connectivity index (χ1n) is 10.9. The average Bonchev–Trinajstić information content (AvgIpc) is 3.57. The van der Waals surface area contributed by atoms with E-state index in [-0.39, 0.29) is 17.8 Å². The Labute approximate surface area is 194 Å². The van der Waals surface area contributed by atoms with E-state index >= 15 is 0 Å². The monoisotopic (exact) mass is 465 g/mol. The summed E-state index contributed by atoms with van der Waals surface area (Å²) in [5.74, 6) is 0.415. The smallest absolute Gasteiger partial charge is 0.272 e. The van der Waals surface area contributed by atoms with E-state index < -0.39 is 5.82 Å². The van der Waals surface area contributed by atoms with Crippen LogP contribution in [-0.2, 0) is 13.6 Å². The minimum absolute atomic E-state index is 0.00519. The lowest BCUT2D eigenvalue weighted by atomic mass is 10.2. The summed E-state index contributed by atoms with van der Waals surface area (Å²) in [6, 6.07) is 1.35. The number of aryl methyl sites for hydroxylation is 2. The summed E-state index contributed by atoms with van der Waals surface area (Å²) in [6.45, 7) is 3.70. The number of carbonyl (C=O) groups is 1. The van der Waals surface area contributed by atoms with Crippen LogP contribution in [0.3, 0.4) is 0 Å². The molecule has 5 rings (SSSR count). The van der Waals surface area contributed by atoms with Crippen molar-refractivity contribution in [1.82, 2.24) is 39.0 Å². The number of pyridine rings is 1. The van der Waals surface area contributed by atoms with Gasteiger partial charge < -0.3 is 24.1 Å². The van der Waals surface area contributed by atoms with E-state index in [4.69, 9.17) is 9.72 Å². The van der Waals surface area contributed by atoms with Crippen LogP contribution in [0.15, 0.2) is 31.1 Å². The second-order valence-electron chi connectivity index (χ2n) is 8.06. The van der Waals surface area contributed by atoms with Crippen LogP contribution in [0.5, 0.6) is 5.88 Å². The van der Waals surface area contributed by atoms with Crippen LogP contribution >= 0.6 is 0 Å². The second-order valence-corrected chi connectivity index (χ2v) is 8.06. The van der Waals surface area contributed by atoms with Gasteiger partial charge in [0.1, 0.15) is 17.8 Å². The summed E-state index contributed by atoms with van der Waals surface area (Å²) in [6.07, 6.45) is 6.96. The SMILES string of the molecule is CCn1c(-c2cnc(OC)c(F)c2)nc2c(N[C@H]3CCN(C(=O)c4cncn4C)C3)ncnc21. The highest BCUT2D eigenvalue weighted by Crippen LogP contribution is 2.29. The van der Waals surface area contributed by atoms with Crippen molar-refractivity contribution >= 4 is 22.9 Å². The first kappa shape index (κ1) is 21.7. The number of methoxy groups -OCH3 is 1. The lowest BCUT2D eigenvalue weighted by Crippen LogP contribution is -2.32. The third-order valence-electron chi connectivity index (χ3n) is 5.96. The number of hydrogen-bond acceptors (Lipinski definition) is 8. The van der Waals surface area contributed by atoms with Crippen molar-refractivity contribution < 1.29 is 13.9 Å². The number of hydrogen-bond donors (Lipinski definition) is 1. The molecule has 34 heavy (non-hydrogen) atoms. The minimum atomic E-state index is -0.566. The molecule has 1 saturated heterocycles. The lowest BCUT2D eigenvalue weighted by Gasteiger charge is -2.17. The molecule has 11 nitrogen and oxygen atoms in total. The van der Waals surface area contributed by atoms with Gasteiger partial charge in [0.25, 0.3) is 5.91 Å². The molecule has 1 amide bonds. The molecule has 4 aromatic heterocycles. The Morgan fingerprint density at radius 2 is 2.15 bits per heavy atom. The highest BCUT2D eigenvalue weighted by molar-refractivity contribution is 5.92. The molecule has 176 valence electrons. The number of nitrogens with zero attached hydrogens (tertiary/aromatic N) is 8. The van der Waals surface area contributed by atoms with Gasteiger partial charge in [0.05, 0.1) is 19.6 Å². The first-order valence-corrected chi connectivity index (χ1v) is 10.9. The molecule has 0 spiro atoms. The highest BCUT2D eigenvalue weighted by atomic mass is 19.1. The molecule has 1 aliphatic heterocycles. The van der Waals surface area contributed by atoms with Crippen LogP contribution < -0.4 is 10.1 Å². The Morgan fingerprint density at radius 3 is 2.85 bits per heavy atom. The third-order valence-corrected chi connectivity index (χ3v) is 5.96. The summed E-state index contributed by atoms with van der Waals surface area (Å²) >= 11 is 0. The zero-order valence-corrected chi connectivity index (χ0v) is 19.1. The van der Waals surface area contributed by atoms with E-state index in [1.165, 1.54) is 25.7 Å². The Balaban J connectivity index is 1.42. The van der Waals surface area contributed by atoms with Gasteiger partial charge in [-0.3, -0.25) is 4.79 Å². The molecule has 1 aliphatic rings. The number of ether oxygens (including phenoxy) is 1. The van der Waals surface area contributed by atoms with Crippen LogP contribution in [0.2, 0.25) is 0 Å². The molecule has 1 atom stereocenters. The fourth-order valence-corrected chi connectivity index (χ4v) is 4.24. The van der Waals surface area contributed by atoms with Crippen molar-refractivity contribution in [3.8, 4) is 17.3 Å². The number of aromatic nitrogens is 7. The van der Waals surface area contributed by atoms with Crippen LogP contribution in [0.25, 0.3) is 22.6 Å². The maximum Gasteiger partial charge on any atom is 0.272 e. The Bertz CT molecular complexity index is 1370. The number of imidazole rings is 2. The highest BCUT2D eigenvalue weighted by Gasteiger charge is 2.29. The first-order chi connectivity index (χ1) is 16.5. The fraction of sp³-hybridized carbons (Fsp3) is 0.364. The van der Waals surface area contributed by atoms with Gasteiger partial charge in [0.15, 0.2) is 22.8 Å². The van der Waals surface area contributed by atoms with Gasteiger partial charge in [0, 0.05) is 44.5 Å². The van der Waals surface area contributed by atoms with Gasteiger partial charge in [0.2, 0.25) is 5.88 Å². The van der Waals surface area contributed by atoms with Crippen molar-refractivity contribution in [1.29, 1.82) is 0 Å². The number of likely N-dealkylation sites (tertiary alicyclic amines) is 1. The van der Waals surface area contributed by atoms with Crippen molar-refractivity contribution in [2.24, 2.45) is 7.05 Å². The number of anilines is 1. The van der Waals surface area contributed by atoms with E-state index in [0.29, 0.717) is 53.7 Å². The van der Waals surface area contributed by atoms with E-state index in [1.54, 1.807) is 29.0 Å². The molecule has 1 N–H and O–H groups in total. The Hall–Kier alpha value is -4.09. The zero-order valence-electron chi connectivity index (χ0n) is 19.1. The molecule has 0 radical (unpaired) electrons. The molecule has 4 aromatic rings. The zero-order chi connectivity index (χ0) is 23.8. The van der Waals surface area contributed by atoms with Gasteiger partial charge in [-0.05, 0) is 19.4 Å². The maximum absolute atomic E-state index is 14.3. The fourth-order valence-electron chi connectivity index (χ4n) is 4.24. The van der Waals surface area contributed by atoms with Crippen molar-refractivity contribution in [3.63, 3.8) is 0 Å². The van der Waals surface area contributed by atoms with E-state index in [1.807, 2.05) is 11.5 Å². The number of fused-ring (bicyclic) bond motifs is 1. The summed E-state index contributed by atoms with van der Waals surface area (Å²) in [5, 5.41) is 3.42. The number of halogens is 1. The minimum Gasteiger partial charge on any atom is -0.479 e. The summed E-state index contributed by atoms with van der Waals surface area (Å²) in [7, 11) is 3.17. The number of nitrogens with one attached hydrogen (secondary N) is 1. The molecule has 0 aromatic carbocycles. The van der Waals surface area contributed by atoms with Crippen molar-refractivity contribution in [2.45, 2.75) is 25.9 Å². The third kappa shape index (κ3) is 3.70. The van der Waals surface area contributed by atoms with Crippen LogP contribution in [0.4, 0.5) is 10.2 Å². The van der Waals surface area contributed by atoms with Gasteiger partial charge in [-0.15, -0.1) is 0 Å². The van der Waals surface area contributed by atoms with Crippen LogP contribution in [0.1, 0.15) is 23.8 Å². The van der Waals surface area contributed by atoms with E-state index in [0.717, 1.165) is 6.42 Å². The quantitative estimate of drug-likeness (QED) is 0.460. The second kappa shape index (κ2) is 8.69. The molecule has 0 unspecified atom stereocenters. The predicted molar refractivity (Wildman–Crippen MR) is 122 cm³/mol. The number of rotatable bonds is 6. The lowest BCUT2D eigenvalue weighted by molar-refractivity contribution is 0.0782. The van der Waals surface area contributed by atoms with Crippen LogP contribution in [0, 0.1) is 5.82 Å². The molecule has 1 fully saturated rings. The standard InChI is InChI=1S/C22H24FN9O2/c1-4-32-19(13-7-15(23)21(34-3)25-8-13)29-17-18(26-11-27-20(17)32)28-14-5-6-31(10-14)22(33)16-9-24-12-30(16)2/h7-9,11-12,14H,4-6,10H2,1-3H3,(H,26,27,28)/t14-/m0/s1. The molecule has 0 bridgehead atoms. The van der Waals surface area contributed by atoms with Gasteiger partial charge in [-0.1, -0.05) is 0 Å². The molecular formula is C22H24FN9O2.